The monoisotopic (exact) mass is 668 g/mol. The molecule has 9 heteroatoms. The van der Waals surface area contributed by atoms with E-state index in [0.717, 1.165) is 64.2 Å². The van der Waals surface area contributed by atoms with Gasteiger partial charge >= 0.3 is 19.8 Å². The molecule has 0 aromatic rings. The third-order valence-corrected chi connectivity index (χ3v) is 7.83. The summed E-state index contributed by atoms with van der Waals surface area (Å²) >= 11 is 0. The molecular formula is C37H65O8P. The molecule has 0 saturated heterocycles. The molecule has 0 aromatic heterocycles. The maximum atomic E-state index is 12.3. The van der Waals surface area contributed by atoms with Crippen LogP contribution in [-0.2, 0) is 28.2 Å². The van der Waals surface area contributed by atoms with E-state index in [4.69, 9.17) is 19.3 Å². The summed E-state index contributed by atoms with van der Waals surface area (Å²) in [6, 6.07) is 0. The molecule has 0 aliphatic carbocycles. The maximum absolute atomic E-state index is 12.3. The first kappa shape index (κ1) is 44.0. The third-order valence-electron chi connectivity index (χ3n) is 7.34. The Morgan fingerprint density at radius 2 is 1.09 bits per heavy atom. The van der Waals surface area contributed by atoms with Crippen LogP contribution in [0.25, 0.3) is 0 Å². The van der Waals surface area contributed by atoms with Gasteiger partial charge in [-0.3, -0.25) is 14.1 Å². The highest BCUT2D eigenvalue weighted by Gasteiger charge is 2.22. The van der Waals surface area contributed by atoms with Crippen molar-refractivity contribution in [3.8, 4) is 0 Å². The minimum Gasteiger partial charge on any atom is -0.462 e. The maximum Gasteiger partial charge on any atom is 0.469 e. The van der Waals surface area contributed by atoms with Crippen molar-refractivity contribution in [3.63, 3.8) is 0 Å². The Hall–Kier alpha value is -1.99. The van der Waals surface area contributed by atoms with E-state index in [1.165, 1.54) is 51.4 Å². The van der Waals surface area contributed by atoms with E-state index < -0.39 is 32.5 Å². The van der Waals surface area contributed by atoms with Gasteiger partial charge < -0.3 is 19.3 Å². The first-order valence-electron chi connectivity index (χ1n) is 17.9. The fraction of sp³-hybridized carbons (Fsp3) is 0.730. The van der Waals surface area contributed by atoms with Crippen LogP contribution in [0.3, 0.4) is 0 Å². The average Bonchev–Trinajstić information content (AvgIpc) is 3.02. The second-order valence-corrected chi connectivity index (χ2v) is 13.0. The molecule has 0 amide bonds. The molecule has 0 fully saturated rings. The number of carbonyl (C=O) groups is 2. The van der Waals surface area contributed by atoms with Gasteiger partial charge in [0.15, 0.2) is 6.10 Å². The molecular weight excluding hydrogens is 603 g/mol. The minimum atomic E-state index is -4.76. The molecule has 0 aromatic carbocycles. The number of ether oxygens (including phenoxy) is 2. The second kappa shape index (κ2) is 32.9. The van der Waals surface area contributed by atoms with Gasteiger partial charge in [0, 0.05) is 12.8 Å². The van der Waals surface area contributed by atoms with Gasteiger partial charge in [-0.15, -0.1) is 0 Å². The van der Waals surface area contributed by atoms with Crippen molar-refractivity contribution in [2.75, 3.05) is 13.2 Å². The van der Waals surface area contributed by atoms with Crippen LogP contribution in [0.1, 0.15) is 155 Å². The summed E-state index contributed by atoms with van der Waals surface area (Å²) in [5.74, 6) is -0.966. The quantitative estimate of drug-likeness (QED) is 0.0315. The number of esters is 2. The highest BCUT2D eigenvalue weighted by Crippen LogP contribution is 2.35. The predicted octanol–water partition coefficient (Wildman–Crippen LogP) is 10.4. The van der Waals surface area contributed by atoms with Crippen molar-refractivity contribution in [1.82, 2.24) is 0 Å². The zero-order valence-corrected chi connectivity index (χ0v) is 29.9. The second-order valence-electron chi connectivity index (χ2n) is 11.8. The van der Waals surface area contributed by atoms with Crippen LogP contribution in [0.2, 0.25) is 0 Å². The van der Waals surface area contributed by atoms with Gasteiger partial charge in [-0.25, -0.2) is 4.57 Å². The molecule has 0 aliphatic rings. The summed E-state index contributed by atoms with van der Waals surface area (Å²) in [6.45, 7) is 3.50. The molecule has 0 spiro atoms. The van der Waals surface area contributed by atoms with Gasteiger partial charge in [-0.2, -0.15) is 0 Å². The molecule has 266 valence electrons. The molecule has 0 radical (unpaired) electrons. The van der Waals surface area contributed by atoms with Crippen LogP contribution in [0.15, 0.2) is 48.6 Å². The standard InChI is InChI=1S/C37H65O8P/c1-3-5-7-9-11-13-15-17-18-20-21-23-25-27-29-31-36(38)43-33-35(34-44-46(40,41)42)45-37(39)32-30-28-26-24-22-19-16-14-12-10-8-6-4-2/h5,7,11,13,17-18,26,28,35H,3-4,6,8-10,12,14-16,19-25,27,29-34H2,1-2H3,(H2,40,41,42)/b7-5-,13-11-,18-17-,28-26+/t35-/m1/s1. The summed E-state index contributed by atoms with van der Waals surface area (Å²) in [5, 5.41) is 0. The topological polar surface area (TPSA) is 119 Å². The fourth-order valence-electron chi connectivity index (χ4n) is 4.70. The van der Waals surface area contributed by atoms with Crippen molar-refractivity contribution in [3.05, 3.63) is 48.6 Å². The number of hydrogen-bond donors (Lipinski definition) is 2. The lowest BCUT2D eigenvalue weighted by molar-refractivity contribution is -0.161. The van der Waals surface area contributed by atoms with E-state index in [0.29, 0.717) is 12.8 Å². The lowest BCUT2D eigenvalue weighted by atomic mass is 10.1. The molecule has 0 unspecified atom stereocenters. The van der Waals surface area contributed by atoms with Gasteiger partial charge in [0.05, 0.1) is 6.61 Å². The lowest BCUT2D eigenvalue weighted by Crippen LogP contribution is -2.29. The molecule has 2 N–H and O–H groups in total. The van der Waals surface area contributed by atoms with Crippen molar-refractivity contribution in [2.24, 2.45) is 0 Å². The Morgan fingerprint density at radius 1 is 0.587 bits per heavy atom. The van der Waals surface area contributed by atoms with E-state index >= 15 is 0 Å². The smallest absolute Gasteiger partial charge is 0.462 e. The van der Waals surface area contributed by atoms with Crippen LogP contribution in [0.4, 0.5) is 0 Å². The van der Waals surface area contributed by atoms with Crippen LogP contribution < -0.4 is 0 Å². The summed E-state index contributed by atoms with van der Waals surface area (Å²) in [6.07, 6.45) is 38.4. The summed E-state index contributed by atoms with van der Waals surface area (Å²) in [4.78, 5) is 42.6. The molecule has 0 aliphatic heterocycles. The summed E-state index contributed by atoms with van der Waals surface area (Å²) in [7, 11) is -4.76. The van der Waals surface area contributed by atoms with Crippen molar-refractivity contribution < 1.29 is 37.9 Å². The predicted molar refractivity (Wildman–Crippen MR) is 188 cm³/mol. The van der Waals surface area contributed by atoms with Gasteiger partial charge in [0.2, 0.25) is 0 Å². The average molecular weight is 669 g/mol. The fourth-order valence-corrected chi connectivity index (χ4v) is 5.06. The zero-order valence-electron chi connectivity index (χ0n) is 29.0. The molecule has 1 atom stereocenters. The zero-order chi connectivity index (χ0) is 34.0. The highest BCUT2D eigenvalue weighted by molar-refractivity contribution is 7.46. The van der Waals surface area contributed by atoms with Gasteiger partial charge in [-0.1, -0.05) is 133 Å². The third kappa shape index (κ3) is 34.9. The molecule has 0 heterocycles. The van der Waals surface area contributed by atoms with E-state index in [-0.39, 0.29) is 19.4 Å². The lowest BCUT2D eigenvalue weighted by Gasteiger charge is -2.18. The number of rotatable bonds is 32. The van der Waals surface area contributed by atoms with Crippen LogP contribution in [-0.4, -0.2) is 41.0 Å². The van der Waals surface area contributed by atoms with Gasteiger partial charge in [-0.05, 0) is 57.8 Å². The van der Waals surface area contributed by atoms with Crippen LogP contribution >= 0.6 is 7.82 Å². The number of unbranched alkanes of at least 4 members (excludes halogenated alkanes) is 14. The molecule has 0 bridgehead atoms. The van der Waals surface area contributed by atoms with Crippen molar-refractivity contribution in [1.29, 1.82) is 0 Å². The summed E-state index contributed by atoms with van der Waals surface area (Å²) in [5.41, 5.74) is 0. The van der Waals surface area contributed by atoms with Crippen molar-refractivity contribution >= 4 is 19.8 Å². The Bertz CT molecular complexity index is 890. The Labute approximate surface area is 280 Å². The minimum absolute atomic E-state index is 0.123. The van der Waals surface area contributed by atoms with Gasteiger partial charge in [0.25, 0.3) is 0 Å². The molecule has 0 saturated carbocycles. The highest BCUT2D eigenvalue weighted by atomic mass is 31.2. The van der Waals surface area contributed by atoms with Crippen LogP contribution in [0, 0.1) is 0 Å². The Morgan fingerprint density at radius 3 is 1.67 bits per heavy atom. The van der Waals surface area contributed by atoms with Crippen molar-refractivity contribution in [2.45, 2.75) is 161 Å². The first-order valence-corrected chi connectivity index (χ1v) is 19.5. The number of allylic oxidation sites excluding steroid dienone is 8. The number of hydrogen-bond acceptors (Lipinski definition) is 6. The SMILES string of the molecule is CC/C=C\C/C=C\C/C=C\CCCCCCCC(=O)OC[C@H](COP(=O)(O)O)OC(=O)CC/C=C/CCCCCCCCCCC. The largest absolute Gasteiger partial charge is 0.469 e. The number of phosphoric ester groups is 1. The summed E-state index contributed by atoms with van der Waals surface area (Å²) < 4.78 is 26.2. The molecule has 8 nitrogen and oxygen atoms in total. The number of carbonyl (C=O) groups excluding carboxylic acids is 2. The van der Waals surface area contributed by atoms with E-state index in [1.54, 1.807) is 0 Å². The normalized spacial score (nSPS) is 13.0. The van der Waals surface area contributed by atoms with E-state index in [9.17, 15) is 14.2 Å². The van der Waals surface area contributed by atoms with E-state index in [2.05, 4.69) is 60.9 Å². The van der Waals surface area contributed by atoms with Gasteiger partial charge in [0.1, 0.15) is 6.61 Å². The Balaban J connectivity index is 4.06. The molecule has 46 heavy (non-hydrogen) atoms. The Kier molecular flexibility index (Phi) is 31.5. The van der Waals surface area contributed by atoms with E-state index in [1.807, 2.05) is 6.08 Å². The van der Waals surface area contributed by atoms with Crippen LogP contribution in [0.5, 0.6) is 0 Å². The number of phosphoric acid groups is 1. The molecule has 0 rings (SSSR count). The first-order chi connectivity index (χ1) is 22.3.